The lowest BCUT2D eigenvalue weighted by Crippen LogP contribution is -2.40. The van der Waals surface area contributed by atoms with Gasteiger partial charge >= 0.3 is 0 Å². The van der Waals surface area contributed by atoms with Gasteiger partial charge in [0, 0.05) is 32.4 Å². The zero-order valence-electron chi connectivity index (χ0n) is 21.0. The number of fused-ring (bicyclic) bond motifs is 1. The molecule has 0 heterocycles. The van der Waals surface area contributed by atoms with Crippen molar-refractivity contribution >= 4 is 11.1 Å². The van der Waals surface area contributed by atoms with Crippen LogP contribution in [0.3, 0.4) is 0 Å². The second-order valence-corrected chi connectivity index (χ2v) is 9.05. The maximum atomic E-state index is 5.97. The van der Waals surface area contributed by atoms with Crippen molar-refractivity contribution < 1.29 is 0 Å². The van der Waals surface area contributed by atoms with Gasteiger partial charge in [0.2, 0.25) is 0 Å². The quantitative estimate of drug-likeness (QED) is 0.295. The lowest BCUT2D eigenvalue weighted by Gasteiger charge is -2.25. The number of nitrogens with one attached hydrogen (secondary N) is 1. The molecule has 0 bridgehead atoms. The fourth-order valence-electron chi connectivity index (χ4n) is 4.94. The van der Waals surface area contributed by atoms with Crippen LogP contribution in [0.2, 0.25) is 0 Å². The highest BCUT2D eigenvalue weighted by atomic mass is 15.7. The average molecular weight is 445 g/mol. The van der Waals surface area contributed by atoms with Crippen LogP contribution >= 0.6 is 0 Å². The molecule has 0 aromatic heterocycles. The maximum absolute atomic E-state index is 5.97. The molecule has 0 saturated carbocycles. The SMILES string of the molecule is C=C/C(=C(C)\C(=C(\CC)N(C)C)c1ccc2c(c1)CCCC2)c1cccc(CN(N)NC)c1. The third-order valence-electron chi connectivity index (χ3n) is 6.66. The molecule has 3 N–H and O–H groups in total. The Morgan fingerprint density at radius 2 is 1.79 bits per heavy atom. The molecular weight excluding hydrogens is 404 g/mol. The molecule has 2 aromatic carbocycles. The molecule has 4 heteroatoms. The lowest BCUT2D eigenvalue weighted by molar-refractivity contribution is 0.204. The van der Waals surface area contributed by atoms with Gasteiger partial charge in [0.25, 0.3) is 0 Å². The fraction of sp³-hybridized carbons (Fsp3) is 0.379. The van der Waals surface area contributed by atoms with Crippen LogP contribution in [-0.2, 0) is 19.4 Å². The summed E-state index contributed by atoms with van der Waals surface area (Å²) in [5.74, 6) is 5.97. The molecule has 0 radical (unpaired) electrons. The fourth-order valence-corrected chi connectivity index (χ4v) is 4.94. The molecule has 0 saturated heterocycles. The number of hydrogen-bond acceptors (Lipinski definition) is 4. The van der Waals surface area contributed by atoms with Gasteiger partial charge in [0.15, 0.2) is 0 Å². The Kier molecular flexibility index (Phi) is 8.67. The van der Waals surface area contributed by atoms with Gasteiger partial charge in [0.05, 0.1) is 6.54 Å². The predicted molar refractivity (Wildman–Crippen MR) is 142 cm³/mol. The van der Waals surface area contributed by atoms with Gasteiger partial charge in [-0.2, -0.15) is 5.12 Å². The van der Waals surface area contributed by atoms with Crippen molar-refractivity contribution in [1.82, 2.24) is 15.4 Å². The van der Waals surface area contributed by atoms with E-state index in [1.165, 1.54) is 59.2 Å². The summed E-state index contributed by atoms with van der Waals surface area (Å²) in [4.78, 5) is 2.26. The number of hydrazine groups is 2. The first kappa shape index (κ1) is 25.0. The van der Waals surface area contributed by atoms with Crippen molar-refractivity contribution in [1.29, 1.82) is 0 Å². The van der Waals surface area contributed by atoms with Crippen LogP contribution in [0.1, 0.15) is 60.9 Å². The Labute approximate surface area is 200 Å². The van der Waals surface area contributed by atoms with Crippen LogP contribution in [0.25, 0.3) is 11.1 Å². The van der Waals surface area contributed by atoms with E-state index in [1.54, 1.807) is 5.12 Å². The van der Waals surface area contributed by atoms with Crippen LogP contribution in [0.15, 0.2) is 66.4 Å². The minimum atomic E-state index is 0.624. The summed E-state index contributed by atoms with van der Waals surface area (Å²) in [6, 6.07) is 15.7. The van der Waals surface area contributed by atoms with Crippen LogP contribution in [-0.4, -0.2) is 31.2 Å². The largest absolute Gasteiger partial charge is 0.380 e. The summed E-state index contributed by atoms with van der Waals surface area (Å²) < 4.78 is 0. The van der Waals surface area contributed by atoms with E-state index in [1.807, 2.05) is 13.1 Å². The van der Waals surface area contributed by atoms with E-state index in [2.05, 4.69) is 87.3 Å². The van der Waals surface area contributed by atoms with E-state index in [9.17, 15) is 0 Å². The van der Waals surface area contributed by atoms with Crippen molar-refractivity contribution in [3.05, 3.63) is 94.2 Å². The highest BCUT2D eigenvalue weighted by Gasteiger charge is 2.18. The molecule has 1 aliphatic rings. The van der Waals surface area contributed by atoms with Crippen LogP contribution < -0.4 is 11.3 Å². The summed E-state index contributed by atoms with van der Waals surface area (Å²) in [6.07, 6.45) is 7.93. The number of benzene rings is 2. The number of hydrogen-bond donors (Lipinski definition) is 2. The van der Waals surface area contributed by atoms with E-state index in [0.29, 0.717) is 6.54 Å². The molecule has 0 aliphatic heterocycles. The highest BCUT2D eigenvalue weighted by Crippen LogP contribution is 2.36. The molecule has 0 spiro atoms. The predicted octanol–water partition coefficient (Wildman–Crippen LogP) is 5.72. The first-order valence-corrected chi connectivity index (χ1v) is 12.0. The number of allylic oxidation sites excluding steroid dienone is 5. The van der Waals surface area contributed by atoms with Gasteiger partial charge in [-0.1, -0.05) is 56.0 Å². The summed E-state index contributed by atoms with van der Waals surface area (Å²) >= 11 is 0. The smallest absolute Gasteiger partial charge is 0.0536 e. The third kappa shape index (κ3) is 5.83. The van der Waals surface area contributed by atoms with Gasteiger partial charge in [-0.15, -0.1) is 0 Å². The Hall–Kier alpha value is -2.66. The van der Waals surface area contributed by atoms with E-state index in [4.69, 9.17) is 5.84 Å². The second kappa shape index (κ2) is 11.5. The van der Waals surface area contributed by atoms with Crippen molar-refractivity contribution in [2.24, 2.45) is 5.84 Å². The van der Waals surface area contributed by atoms with E-state index < -0.39 is 0 Å². The van der Waals surface area contributed by atoms with E-state index >= 15 is 0 Å². The molecule has 33 heavy (non-hydrogen) atoms. The molecule has 3 rings (SSSR count). The Balaban J connectivity index is 2.17. The van der Waals surface area contributed by atoms with Crippen LogP contribution in [0.4, 0.5) is 0 Å². The maximum Gasteiger partial charge on any atom is 0.0536 e. The minimum absolute atomic E-state index is 0.624. The highest BCUT2D eigenvalue weighted by molar-refractivity contribution is 5.93. The van der Waals surface area contributed by atoms with Crippen LogP contribution in [0.5, 0.6) is 0 Å². The third-order valence-corrected chi connectivity index (χ3v) is 6.66. The van der Waals surface area contributed by atoms with Gasteiger partial charge in [-0.3, -0.25) is 5.84 Å². The van der Waals surface area contributed by atoms with Gasteiger partial charge in [-0.05, 0) is 84.1 Å². The van der Waals surface area contributed by atoms with Crippen molar-refractivity contribution in [2.45, 2.75) is 52.5 Å². The number of nitrogens with zero attached hydrogens (tertiary/aromatic N) is 2. The number of nitrogens with two attached hydrogens (primary N) is 1. The first-order valence-electron chi connectivity index (χ1n) is 12.0. The Bertz CT molecular complexity index is 1050. The molecule has 2 aromatic rings. The van der Waals surface area contributed by atoms with Gasteiger partial charge in [-0.25, -0.2) is 5.43 Å². The lowest BCUT2D eigenvalue weighted by atomic mass is 9.85. The number of rotatable bonds is 9. The first-order chi connectivity index (χ1) is 15.9. The van der Waals surface area contributed by atoms with Crippen molar-refractivity contribution in [3.63, 3.8) is 0 Å². The van der Waals surface area contributed by atoms with E-state index in [0.717, 1.165) is 23.1 Å². The zero-order chi connectivity index (χ0) is 24.0. The van der Waals surface area contributed by atoms with E-state index in [-0.39, 0.29) is 0 Å². The summed E-state index contributed by atoms with van der Waals surface area (Å²) in [5, 5.41) is 1.59. The standard InChI is InChI=1S/C29H40N4/c1-7-27(25-15-11-12-22(18-25)20-33(30)31-4)21(3)29(28(8-2)32(5)6)26-17-16-23-13-9-10-14-24(23)19-26/h7,11-12,15-19,31H,1,8-10,13-14,20,30H2,2-6H3/b27-21+,29-28+. The topological polar surface area (TPSA) is 44.5 Å². The molecular formula is C29H40N4. The Morgan fingerprint density at radius 1 is 1.06 bits per heavy atom. The molecule has 1 aliphatic carbocycles. The molecule has 0 unspecified atom stereocenters. The molecule has 176 valence electrons. The Morgan fingerprint density at radius 3 is 2.42 bits per heavy atom. The average Bonchev–Trinajstić information content (AvgIpc) is 2.82. The molecule has 0 amide bonds. The zero-order valence-corrected chi connectivity index (χ0v) is 21.0. The summed E-state index contributed by atoms with van der Waals surface area (Å²) in [6.45, 7) is 9.30. The van der Waals surface area contributed by atoms with Gasteiger partial charge in [0.1, 0.15) is 0 Å². The van der Waals surface area contributed by atoms with Gasteiger partial charge < -0.3 is 4.90 Å². The second-order valence-electron chi connectivity index (χ2n) is 9.05. The van der Waals surface area contributed by atoms with Crippen molar-refractivity contribution in [3.8, 4) is 0 Å². The normalized spacial score (nSPS) is 15.0. The number of aryl methyl sites for hydroxylation is 2. The minimum Gasteiger partial charge on any atom is -0.380 e. The summed E-state index contributed by atoms with van der Waals surface area (Å²) in [7, 11) is 6.12. The van der Waals surface area contributed by atoms with Crippen molar-refractivity contribution in [2.75, 3.05) is 21.1 Å². The molecule has 0 fully saturated rings. The monoisotopic (exact) mass is 444 g/mol. The van der Waals surface area contributed by atoms with Crippen LogP contribution in [0, 0.1) is 0 Å². The summed E-state index contributed by atoms with van der Waals surface area (Å²) in [5.41, 5.74) is 14.7. The molecule has 0 atom stereocenters. The molecule has 4 nitrogen and oxygen atoms in total.